The molecule has 4 heterocycles. The number of nitrogens with zero attached hydrogens (tertiary/aromatic N) is 4. The van der Waals surface area contributed by atoms with Gasteiger partial charge in [0.25, 0.3) is 0 Å². The molecule has 0 radical (unpaired) electrons. The zero-order chi connectivity index (χ0) is 30.4. The molecule has 9 heteroatoms. The Morgan fingerprint density at radius 2 is 1.79 bits per heavy atom. The number of carboxylic acids is 1. The summed E-state index contributed by atoms with van der Waals surface area (Å²) in [5.41, 5.74) is 8.03. The van der Waals surface area contributed by atoms with Crippen LogP contribution in [0.4, 0.5) is 11.4 Å². The molecule has 2 aromatic heterocycles. The minimum Gasteiger partial charge on any atom is -0.478 e. The predicted molar refractivity (Wildman–Crippen MR) is 177 cm³/mol. The van der Waals surface area contributed by atoms with E-state index >= 15 is 0 Å². The molecule has 2 aliphatic heterocycles. The molecule has 0 unspecified atom stereocenters. The fraction of sp³-hybridized carbons (Fsp3) is 0.324. The zero-order valence-electron chi connectivity index (χ0n) is 24.8. The lowest BCUT2D eigenvalue weighted by atomic mass is 9.96. The largest absolute Gasteiger partial charge is 0.478 e. The number of aromatic carboxylic acids is 1. The Morgan fingerprint density at radius 1 is 1.02 bits per heavy atom. The first kappa shape index (κ1) is 29.2. The average molecular weight is 614 g/mol. The summed E-state index contributed by atoms with van der Waals surface area (Å²) >= 11 is 13.0. The van der Waals surface area contributed by atoms with Crippen LogP contribution in [0.15, 0.2) is 66.9 Å². The Balaban J connectivity index is 1.46. The van der Waals surface area contributed by atoms with Crippen LogP contribution >= 0.6 is 23.8 Å². The summed E-state index contributed by atoms with van der Waals surface area (Å²) in [7, 11) is 0. The van der Waals surface area contributed by atoms with Gasteiger partial charge < -0.3 is 24.8 Å². The van der Waals surface area contributed by atoms with Crippen LogP contribution in [-0.2, 0) is 0 Å². The molecule has 0 spiro atoms. The van der Waals surface area contributed by atoms with E-state index in [0.29, 0.717) is 10.1 Å². The van der Waals surface area contributed by atoms with Crippen LogP contribution in [0, 0.1) is 26.7 Å². The number of anilines is 2. The Kier molecular flexibility index (Phi) is 7.92. The minimum atomic E-state index is -0.949. The van der Waals surface area contributed by atoms with Crippen molar-refractivity contribution in [3.63, 3.8) is 0 Å². The number of aromatic nitrogens is 2. The highest BCUT2D eigenvalue weighted by atomic mass is 35.5. The second-order valence-corrected chi connectivity index (χ2v) is 12.6. The van der Waals surface area contributed by atoms with Gasteiger partial charge >= 0.3 is 5.97 Å². The maximum atomic E-state index is 11.8. The van der Waals surface area contributed by atoms with Crippen molar-refractivity contribution in [1.29, 1.82) is 0 Å². The lowest BCUT2D eigenvalue weighted by Crippen LogP contribution is -2.33. The summed E-state index contributed by atoms with van der Waals surface area (Å²) in [6.07, 6.45) is 4.13. The molecule has 7 nitrogen and oxygen atoms in total. The van der Waals surface area contributed by atoms with E-state index < -0.39 is 5.97 Å². The first-order chi connectivity index (χ1) is 20.6. The van der Waals surface area contributed by atoms with Crippen molar-refractivity contribution in [2.45, 2.75) is 52.6 Å². The molecule has 222 valence electrons. The number of benzene rings is 2. The van der Waals surface area contributed by atoms with Crippen molar-refractivity contribution >= 4 is 46.3 Å². The van der Waals surface area contributed by atoms with E-state index in [1.807, 2.05) is 37.3 Å². The van der Waals surface area contributed by atoms with E-state index in [0.717, 1.165) is 77.1 Å². The topological polar surface area (TPSA) is 73.6 Å². The third kappa shape index (κ3) is 5.38. The smallest absolute Gasteiger partial charge is 0.335 e. The van der Waals surface area contributed by atoms with Crippen LogP contribution in [0.25, 0.3) is 5.69 Å². The van der Waals surface area contributed by atoms with Crippen LogP contribution in [0.1, 0.15) is 70.4 Å². The number of piperidine rings is 1. The lowest BCUT2D eigenvalue weighted by Gasteiger charge is -2.33. The van der Waals surface area contributed by atoms with Gasteiger partial charge in [0.1, 0.15) is 0 Å². The summed E-state index contributed by atoms with van der Waals surface area (Å²) in [6, 6.07) is 19.2. The molecule has 2 N–H and O–H groups in total. The normalized spacial score (nSPS) is 19.1. The SMILES string of the molecule is Cc1ccc(C(=O)O)cc1-n1c(C)cc([C@@H]2[C@@H](c3ccccn3)NC(=S)N2c2ccc(N3CCC(C)CC3)c(Cl)c2)c1C. The summed E-state index contributed by atoms with van der Waals surface area (Å²) in [4.78, 5) is 21.1. The Labute approximate surface area is 263 Å². The Morgan fingerprint density at radius 3 is 2.47 bits per heavy atom. The summed E-state index contributed by atoms with van der Waals surface area (Å²) in [5, 5.41) is 14.6. The molecule has 0 saturated carbocycles. The van der Waals surface area contributed by atoms with E-state index in [1.165, 1.54) is 0 Å². The molecule has 2 aromatic carbocycles. The van der Waals surface area contributed by atoms with E-state index in [2.05, 4.69) is 58.7 Å². The first-order valence-electron chi connectivity index (χ1n) is 14.7. The highest BCUT2D eigenvalue weighted by molar-refractivity contribution is 7.80. The summed E-state index contributed by atoms with van der Waals surface area (Å²) in [6.45, 7) is 10.4. The minimum absolute atomic E-state index is 0.212. The molecule has 43 heavy (non-hydrogen) atoms. The number of rotatable bonds is 6. The number of thiocarbonyl (C=S) groups is 1. The number of pyridine rings is 1. The third-order valence-electron chi connectivity index (χ3n) is 8.92. The molecule has 0 aliphatic carbocycles. The maximum Gasteiger partial charge on any atom is 0.335 e. The van der Waals surface area contributed by atoms with Crippen molar-refractivity contribution in [2.75, 3.05) is 22.9 Å². The van der Waals surface area contributed by atoms with Gasteiger partial charge in [-0.15, -0.1) is 0 Å². The maximum absolute atomic E-state index is 11.8. The number of carboxylic acid groups (broad SMARTS) is 1. The average Bonchev–Trinajstić information content (AvgIpc) is 3.48. The number of halogens is 1. The first-order valence-corrected chi connectivity index (χ1v) is 15.5. The number of hydrogen-bond donors (Lipinski definition) is 2. The second-order valence-electron chi connectivity index (χ2n) is 11.8. The summed E-state index contributed by atoms with van der Waals surface area (Å²) < 4.78 is 2.14. The highest BCUT2D eigenvalue weighted by Crippen LogP contribution is 2.45. The van der Waals surface area contributed by atoms with Crippen LogP contribution < -0.4 is 15.1 Å². The van der Waals surface area contributed by atoms with Gasteiger partial charge in [0.05, 0.1) is 34.1 Å². The van der Waals surface area contributed by atoms with Gasteiger partial charge in [0.2, 0.25) is 0 Å². The third-order valence-corrected chi connectivity index (χ3v) is 9.54. The van der Waals surface area contributed by atoms with E-state index in [1.54, 1.807) is 18.3 Å². The molecular formula is C34H36ClN5O2S. The van der Waals surface area contributed by atoms with Gasteiger partial charge in [-0.05, 0) is 111 Å². The van der Waals surface area contributed by atoms with Crippen molar-refractivity contribution in [3.05, 3.63) is 106 Å². The van der Waals surface area contributed by atoms with Crippen molar-refractivity contribution in [1.82, 2.24) is 14.9 Å². The fourth-order valence-electron chi connectivity index (χ4n) is 6.54. The molecule has 4 aromatic rings. The highest BCUT2D eigenvalue weighted by Gasteiger charge is 2.42. The summed E-state index contributed by atoms with van der Waals surface area (Å²) in [5.74, 6) is -0.212. The van der Waals surface area contributed by atoms with Gasteiger partial charge in [-0.3, -0.25) is 4.98 Å². The van der Waals surface area contributed by atoms with Crippen LogP contribution in [0.2, 0.25) is 5.02 Å². The molecule has 2 aliphatic rings. The molecule has 0 bridgehead atoms. The van der Waals surface area contributed by atoms with E-state index in [9.17, 15) is 9.90 Å². The standard InChI is InChI=1S/C34H36ClN5O2S/c1-20-12-15-38(16-13-20)29-11-10-25(19-27(29)35)40-32(31(37-34(40)43)28-7-5-6-14-36-28)26-17-22(3)39(23(26)4)30-18-24(33(41)42)9-8-21(30)2/h5-11,14,17-20,31-32H,12-13,15-16H2,1-4H3,(H,37,43)(H,41,42)/t31-,32-/m1/s1. The number of aryl methyl sites for hydroxylation is 2. The Bertz CT molecular complexity index is 1700. The molecule has 0 amide bonds. The number of carbonyl (C=O) groups is 1. The molecule has 2 saturated heterocycles. The second kappa shape index (κ2) is 11.7. The molecule has 2 fully saturated rings. The lowest BCUT2D eigenvalue weighted by molar-refractivity contribution is 0.0697. The van der Waals surface area contributed by atoms with Gasteiger partial charge in [0, 0.05) is 42.0 Å². The van der Waals surface area contributed by atoms with Crippen LogP contribution in [0.3, 0.4) is 0 Å². The zero-order valence-corrected chi connectivity index (χ0v) is 26.4. The van der Waals surface area contributed by atoms with Gasteiger partial charge in [-0.2, -0.15) is 0 Å². The predicted octanol–water partition coefficient (Wildman–Crippen LogP) is 7.56. The number of hydrogen-bond acceptors (Lipinski definition) is 4. The van der Waals surface area contributed by atoms with Crippen LogP contribution in [-0.4, -0.2) is 38.8 Å². The van der Waals surface area contributed by atoms with E-state index in [4.69, 9.17) is 28.8 Å². The van der Waals surface area contributed by atoms with Gasteiger partial charge in [-0.25, -0.2) is 4.79 Å². The van der Waals surface area contributed by atoms with Gasteiger partial charge in [0.15, 0.2) is 5.11 Å². The molecule has 6 rings (SSSR count). The molecule has 2 atom stereocenters. The van der Waals surface area contributed by atoms with Crippen molar-refractivity contribution in [3.8, 4) is 5.69 Å². The monoisotopic (exact) mass is 613 g/mol. The van der Waals surface area contributed by atoms with Crippen molar-refractivity contribution in [2.24, 2.45) is 5.92 Å². The number of nitrogens with one attached hydrogen (secondary N) is 1. The molecular weight excluding hydrogens is 578 g/mol. The van der Waals surface area contributed by atoms with E-state index in [-0.39, 0.29) is 17.6 Å². The quantitative estimate of drug-likeness (QED) is 0.217. The van der Waals surface area contributed by atoms with Crippen LogP contribution in [0.5, 0.6) is 0 Å². The fourth-order valence-corrected chi connectivity index (χ4v) is 7.18. The Hall–Kier alpha value is -3.88. The van der Waals surface area contributed by atoms with Crippen molar-refractivity contribution < 1.29 is 9.90 Å². The van der Waals surface area contributed by atoms with Gasteiger partial charge in [-0.1, -0.05) is 30.7 Å².